The minimum Gasteiger partial charge on any atom is -0.390 e. The Balaban J connectivity index is 2.11. The van der Waals surface area contributed by atoms with E-state index in [4.69, 9.17) is 5.53 Å². The molecule has 0 aliphatic rings. The maximum absolute atomic E-state index is 10.0. The number of azide groups is 1. The van der Waals surface area contributed by atoms with Crippen molar-refractivity contribution in [3.63, 3.8) is 0 Å². The van der Waals surface area contributed by atoms with Gasteiger partial charge in [0.1, 0.15) is 6.10 Å². The fourth-order valence-electron chi connectivity index (χ4n) is 1.78. The van der Waals surface area contributed by atoms with Crippen molar-refractivity contribution in [2.24, 2.45) is 5.11 Å². The Morgan fingerprint density at radius 3 is 2.94 bits per heavy atom. The van der Waals surface area contributed by atoms with Crippen LogP contribution in [-0.2, 0) is 0 Å². The number of aliphatic hydroxyl groups is 2. The summed E-state index contributed by atoms with van der Waals surface area (Å²) in [4.78, 5) is 2.61. The molecule has 2 rings (SSSR count). The van der Waals surface area contributed by atoms with Crippen LogP contribution in [0.1, 0.15) is 18.1 Å². The predicted octanol–water partition coefficient (Wildman–Crippen LogP) is 3.00. The molecule has 6 heteroatoms. The summed E-state index contributed by atoms with van der Waals surface area (Å²) in [5.41, 5.74) is 8.82. The van der Waals surface area contributed by atoms with Crippen molar-refractivity contribution < 1.29 is 10.2 Å². The van der Waals surface area contributed by atoms with Crippen LogP contribution in [-0.4, -0.2) is 22.9 Å². The maximum atomic E-state index is 10.0. The molecule has 0 aliphatic heterocycles. The lowest BCUT2D eigenvalue weighted by atomic mass is 10.0. The molecule has 0 bridgehead atoms. The summed E-state index contributed by atoms with van der Waals surface area (Å²) < 4.78 is 1.15. The Hall–Kier alpha value is -1.59. The second-order valence-electron chi connectivity index (χ2n) is 3.97. The highest BCUT2D eigenvalue weighted by Gasteiger charge is 2.18. The fourth-order valence-corrected chi connectivity index (χ4v) is 2.55. The lowest BCUT2D eigenvalue weighted by molar-refractivity contribution is 0.0151. The molecule has 2 aromatic rings. The van der Waals surface area contributed by atoms with Crippen molar-refractivity contribution in [1.29, 1.82) is 0 Å². The van der Waals surface area contributed by atoms with Gasteiger partial charge in [0.15, 0.2) is 0 Å². The lowest BCUT2D eigenvalue weighted by Crippen LogP contribution is -2.19. The molecule has 5 nitrogen and oxygen atoms in total. The van der Waals surface area contributed by atoms with E-state index in [-0.39, 0.29) is 13.0 Å². The normalized spacial score (nSPS) is 14.1. The Kier molecular flexibility index (Phi) is 4.17. The number of hydrogen-bond donors (Lipinski definition) is 2. The molecule has 0 saturated heterocycles. The van der Waals surface area contributed by atoms with E-state index in [0.717, 1.165) is 10.1 Å². The van der Waals surface area contributed by atoms with E-state index in [9.17, 15) is 10.2 Å². The minimum absolute atomic E-state index is 0.176. The monoisotopic (exact) mass is 263 g/mol. The van der Waals surface area contributed by atoms with E-state index >= 15 is 0 Å². The second-order valence-corrected chi connectivity index (χ2v) is 4.92. The summed E-state index contributed by atoms with van der Waals surface area (Å²) in [5, 5.41) is 26.2. The summed E-state index contributed by atoms with van der Waals surface area (Å²) in [6.45, 7) is 0.176. The molecule has 0 spiro atoms. The molecule has 0 saturated carbocycles. The zero-order valence-electron chi connectivity index (χ0n) is 9.60. The van der Waals surface area contributed by atoms with Gasteiger partial charge in [-0.1, -0.05) is 11.2 Å². The van der Waals surface area contributed by atoms with Crippen molar-refractivity contribution in [2.45, 2.75) is 18.6 Å². The summed E-state index contributed by atoms with van der Waals surface area (Å²) in [5.74, 6) is 0. The molecule has 94 valence electrons. The van der Waals surface area contributed by atoms with E-state index in [2.05, 4.69) is 10.0 Å². The number of benzene rings is 1. The summed E-state index contributed by atoms with van der Waals surface area (Å²) in [6.07, 6.45) is -1.64. The highest BCUT2D eigenvalue weighted by molar-refractivity contribution is 7.17. The quantitative estimate of drug-likeness (QED) is 0.493. The Bertz CT molecular complexity index is 577. The van der Waals surface area contributed by atoms with Gasteiger partial charge in [-0.15, -0.1) is 11.3 Å². The Morgan fingerprint density at radius 2 is 2.17 bits per heavy atom. The molecule has 0 amide bonds. The van der Waals surface area contributed by atoms with Crippen LogP contribution in [0.5, 0.6) is 0 Å². The van der Waals surface area contributed by atoms with E-state index in [1.165, 1.54) is 0 Å². The van der Waals surface area contributed by atoms with Gasteiger partial charge in [0.25, 0.3) is 0 Å². The first kappa shape index (κ1) is 12.9. The molecular formula is C12H13N3O2S. The SMILES string of the molecule is [N-]=[N+]=NCCC(O)C(O)c1ccc2sccc2c1. The molecule has 0 fully saturated rings. The minimum atomic E-state index is -0.955. The average molecular weight is 263 g/mol. The van der Waals surface area contributed by atoms with Crippen LogP contribution in [0.3, 0.4) is 0 Å². The van der Waals surface area contributed by atoms with E-state index in [1.807, 2.05) is 23.6 Å². The predicted molar refractivity (Wildman–Crippen MR) is 71.4 cm³/mol. The second kappa shape index (κ2) is 5.84. The lowest BCUT2D eigenvalue weighted by Gasteiger charge is -2.17. The zero-order valence-corrected chi connectivity index (χ0v) is 10.4. The largest absolute Gasteiger partial charge is 0.390 e. The van der Waals surface area contributed by atoms with Gasteiger partial charge < -0.3 is 10.2 Å². The number of nitrogens with zero attached hydrogens (tertiary/aromatic N) is 3. The van der Waals surface area contributed by atoms with Crippen LogP contribution >= 0.6 is 11.3 Å². The van der Waals surface area contributed by atoms with Crippen molar-refractivity contribution in [2.75, 3.05) is 6.54 Å². The number of thiophene rings is 1. The van der Waals surface area contributed by atoms with Crippen LogP contribution in [0, 0.1) is 0 Å². The summed E-state index contributed by atoms with van der Waals surface area (Å²) in [6, 6.07) is 7.58. The summed E-state index contributed by atoms with van der Waals surface area (Å²) >= 11 is 1.63. The Labute approximate surface area is 108 Å². The third-order valence-electron chi connectivity index (χ3n) is 2.77. The van der Waals surface area contributed by atoms with E-state index < -0.39 is 12.2 Å². The molecule has 2 unspecified atom stereocenters. The van der Waals surface area contributed by atoms with Crippen molar-refractivity contribution in [3.05, 3.63) is 45.7 Å². The zero-order chi connectivity index (χ0) is 13.0. The molecule has 0 aliphatic carbocycles. The summed E-state index contributed by atoms with van der Waals surface area (Å²) in [7, 11) is 0. The maximum Gasteiger partial charge on any atom is 0.105 e. The Morgan fingerprint density at radius 1 is 1.33 bits per heavy atom. The number of hydrogen-bond acceptors (Lipinski definition) is 4. The third-order valence-corrected chi connectivity index (χ3v) is 3.67. The number of fused-ring (bicyclic) bond motifs is 1. The van der Waals surface area contributed by atoms with Crippen LogP contribution < -0.4 is 0 Å². The molecule has 1 heterocycles. The van der Waals surface area contributed by atoms with Crippen LogP contribution in [0.4, 0.5) is 0 Å². The molecule has 1 aromatic carbocycles. The van der Waals surface area contributed by atoms with Crippen molar-refractivity contribution in [3.8, 4) is 0 Å². The fraction of sp³-hybridized carbons (Fsp3) is 0.333. The van der Waals surface area contributed by atoms with Gasteiger partial charge in [0.05, 0.1) is 6.10 Å². The van der Waals surface area contributed by atoms with Gasteiger partial charge in [-0.2, -0.15) is 0 Å². The van der Waals surface area contributed by atoms with Crippen molar-refractivity contribution >= 4 is 21.4 Å². The molecule has 18 heavy (non-hydrogen) atoms. The third kappa shape index (κ3) is 2.80. The first-order valence-electron chi connectivity index (χ1n) is 5.56. The smallest absolute Gasteiger partial charge is 0.105 e. The molecule has 1 aromatic heterocycles. The van der Waals surface area contributed by atoms with Gasteiger partial charge in [-0.3, -0.25) is 0 Å². The number of rotatable bonds is 5. The van der Waals surface area contributed by atoms with Gasteiger partial charge in [-0.05, 0) is 46.5 Å². The standard InChI is InChI=1S/C12H13N3O2S/c13-15-14-5-3-10(16)12(17)9-1-2-11-8(7-9)4-6-18-11/h1-2,4,6-7,10,12,16-17H,3,5H2. The molecule has 2 atom stereocenters. The van der Waals surface area contributed by atoms with Gasteiger partial charge in [0.2, 0.25) is 0 Å². The van der Waals surface area contributed by atoms with Gasteiger partial charge >= 0.3 is 0 Å². The first-order chi connectivity index (χ1) is 8.72. The average Bonchev–Trinajstić information content (AvgIpc) is 2.85. The molecule has 2 N–H and O–H groups in total. The molecule has 0 radical (unpaired) electrons. The van der Waals surface area contributed by atoms with Crippen LogP contribution in [0.25, 0.3) is 20.5 Å². The molecular weight excluding hydrogens is 250 g/mol. The van der Waals surface area contributed by atoms with Gasteiger partial charge in [-0.25, -0.2) is 0 Å². The topological polar surface area (TPSA) is 89.2 Å². The van der Waals surface area contributed by atoms with E-state index in [0.29, 0.717) is 5.56 Å². The van der Waals surface area contributed by atoms with Crippen molar-refractivity contribution in [1.82, 2.24) is 0 Å². The van der Waals surface area contributed by atoms with Crippen LogP contribution in [0.15, 0.2) is 34.8 Å². The first-order valence-corrected chi connectivity index (χ1v) is 6.44. The highest BCUT2D eigenvalue weighted by atomic mass is 32.1. The van der Waals surface area contributed by atoms with Crippen LogP contribution in [0.2, 0.25) is 0 Å². The van der Waals surface area contributed by atoms with Gasteiger partial charge in [0, 0.05) is 16.2 Å². The number of aliphatic hydroxyl groups excluding tert-OH is 2. The highest BCUT2D eigenvalue weighted by Crippen LogP contribution is 2.26. The van der Waals surface area contributed by atoms with E-state index in [1.54, 1.807) is 17.4 Å².